The predicted octanol–water partition coefficient (Wildman–Crippen LogP) is 3.32. The number of aromatic amines is 1. The maximum Gasteiger partial charge on any atom is 0.123 e. The minimum Gasteiger partial charge on any atom is -0.496 e. The van der Waals surface area contributed by atoms with Gasteiger partial charge in [0.15, 0.2) is 0 Å². The van der Waals surface area contributed by atoms with E-state index in [9.17, 15) is 4.39 Å². The van der Waals surface area contributed by atoms with E-state index < -0.39 is 0 Å². The van der Waals surface area contributed by atoms with E-state index in [-0.39, 0.29) is 11.7 Å². The molecule has 0 aliphatic rings. The van der Waals surface area contributed by atoms with Crippen LogP contribution in [0, 0.1) is 5.82 Å². The Bertz CT molecular complexity index is 783. The average molecular weight is 311 g/mol. The maximum absolute atomic E-state index is 13.0. The highest BCUT2D eigenvalue weighted by atomic mass is 19.1. The lowest BCUT2D eigenvalue weighted by atomic mass is 9.94. The summed E-state index contributed by atoms with van der Waals surface area (Å²) in [6, 6.07) is 16.0. The largest absolute Gasteiger partial charge is 0.496 e. The third kappa shape index (κ3) is 3.10. The van der Waals surface area contributed by atoms with Gasteiger partial charge in [-0.25, -0.2) is 4.39 Å². The molecular weight excluding hydrogens is 293 g/mol. The first kappa shape index (κ1) is 15.2. The Morgan fingerprint density at radius 1 is 1.17 bits per heavy atom. The number of rotatable bonds is 5. The van der Waals surface area contributed by atoms with Crippen LogP contribution >= 0.6 is 0 Å². The molecule has 0 saturated heterocycles. The highest BCUT2D eigenvalue weighted by molar-refractivity contribution is 5.59. The van der Waals surface area contributed by atoms with Crippen LogP contribution in [0.1, 0.15) is 17.2 Å². The molecule has 0 spiro atoms. The number of methoxy groups -OCH3 is 1. The minimum absolute atomic E-state index is 0.0483. The number of aromatic nitrogens is 2. The highest BCUT2D eigenvalue weighted by Gasteiger charge is 2.19. The van der Waals surface area contributed by atoms with Crippen LogP contribution in [0.3, 0.4) is 0 Å². The number of halogens is 1. The van der Waals surface area contributed by atoms with Crippen LogP contribution in [0.5, 0.6) is 5.75 Å². The summed E-state index contributed by atoms with van der Waals surface area (Å²) >= 11 is 0. The average Bonchev–Trinajstić information content (AvgIpc) is 3.06. The van der Waals surface area contributed by atoms with E-state index in [1.165, 1.54) is 12.1 Å². The molecule has 0 aliphatic carbocycles. The van der Waals surface area contributed by atoms with E-state index in [1.54, 1.807) is 19.2 Å². The van der Waals surface area contributed by atoms with E-state index in [0.717, 1.165) is 28.3 Å². The zero-order valence-corrected chi connectivity index (χ0v) is 12.8. The van der Waals surface area contributed by atoms with Gasteiger partial charge in [-0.2, -0.15) is 5.10 Å². The quantitative estimate of drug-likeness (QED) is 0.760. The molecule has 1 aromatic heterocycles. The SMILES string of the molecule is COc1ccccc1C(CN)c1cc(-c2ccc(F)cc2)n[nH]1. The van der Waals surface area contributed by atoms with Crippen LogP contribution in [0.4, 0.5) is 4.39 Å². The van der Waals surface area contributed by atoms with Gasteiger partial charge in [0, 0.05) is 29.3 Å². The smallest absolute Gasteiger partial charge is 0.123 e. The summed E-state index contributed by atoms with van der Waals surface area (Å²) in [6.07, 6.45) is 0. The number of nitrogens with two attached hydrogens (primary N) is 1. The zero-order chi connectivity index (χ0) is 16.2. The summed E-state index contributed by atoms with van der Waals surface area (Å²) in [5.41, 5.74) is 9.49. The fourth-order valence-corrected chi connectivity index (χ4v) is 2.66. The van der Waals surface area contributed by atoms with E-state index in [4.69, 9.17) is 10.5 Å². The molecule has 1 heterocycles. The second-order valence-electron chi connectivity index (χ2n) is 5.25. The van der Waals surface area contributed by atoms with Crippen molar-refractivity contribution >= 4 is 0 Å². The number of nitrogens with one attached hydrogen (secondary N) is 1. The maximum atomic E-state index is 13.0. The number of hydrogen-bond donors (Lipinski definition) is 2. The molecule has 118 valence electrons. The summed E-state index contributed by atoms with van der Waals surface area (Å²) in [6.45, 7) is 0.422. The van der Waals surface area contributed by atoms with Crippen LogP contribution in [0.15, 0.2) is 54.6 Å². The van der Waals surface area contributed by atoms with E-state index in [2.05, 4.69) is 10.2 Å². The summed E-state index contributed by atoms with van der Waals surface area (Å²) in [5.74, 6) is 0.479. The molecule has 23 heavy (non-hydrogen) atoms. The molecule has 1 unspecified atom stereocenters. The van der Waals surface area contributed by atoms with Gasteiger partial charge in [0.2, 0.25) is 0 Å². The minimum atomic E-state index is -0.265. The molecule has 0 amide bonds. The Morgan fingerprint density at radius 3 is 2.61 bits per heavy atom. The standard InChI is InChI=1S/C18H18FN3O/c1-23-18-5-3-2-4-14(18)15(11-20)17-10-16(21-22-17)12-6-8-13(19)9-7-12/h2-10,15H,11,20H2,1H3,(H,21,22). The first-order chi connectivity index (χ1) is 11.2. The van der Waals surface area contributed by atoms with Crippen molar-refractivity contribution in [1.29, 1.82) is 0 Å². The number of benzene rings is 2. The molecule has 0 radical (unpaired) electrons. The Morgan fingerprint density at radius 2 is 1.91 bits per heavy atom. The van der Waals surface area contributed by atoms with Gasteiger partial charge in [0.1, 0.15) is 11.6 Å². The van der Waals surface area contributed by atoms with E-state index >= 15 is 0 Å². The summed E-state index contributed by atoms with van der Waals surface area (Å²) in [4.78, 5) is 0. The van der Waals surface area contributed by atoms with Gasteiger partial charge in [-0.15, -0.1) is 0 Å². The first-order valence-corrected chi connectivity index (χ1v) is 7.37. The van der Waals surface area contributed by atoms with Gasteiger partial charge >= 0.3 is 0 Å². The van der Waals surface area contributed by atoms with Crippen LogP contribution in [-0.4, -0.2) is 23.9 Å². The lowest BCUT2D eigenvalue weighted by Crippen LogP contribution is -2.15. The fourth-order valence-electron chi connectivity index (χ4n) is 2.66. The first-order valence-electron chi connectivity index (χ1n) is 7.37. The van der Waals surface area contributed by atoms with Crippen molar-refractivity contribution in [3.8, 4) is 17.0 Å². The van der Waals surface area contributed by atoms with Gasteiger partial charge in [0.25, 0.3) is 0 Å². The van der Waals surface area contributed by atoms with Crippen molar-refractivity contribution in [3.05, 3.63) is 71.7 Å². The number of nitrogens with zero attached hydrogens (tertiary/aromatic N) is 1. The Labute approximate surface area is 134 Å². The number of ether oxygens (including phenoxy) is 1. The monoisotopic (exact) mass is 311 g/mol. The van der Waals surface area contributed by atoms with Crippen LogP contribution < -0.4 is 10.5 Å². The van der Waals surface area contributed by atoms with Gasteiger partial charge in [-0.05, 0) is 36.4 Å². The number of H-pyrrole nitrogens is 1. The molecule has 5 heteroatoms. The molecule has 0 fully saturated rings. The molecule has 3 N–H and O–H groups in total. The van der Waals surface area contributed by atoms with Crippen molar-refractivity contribution in [2.24, 2.45) is 5.73 Å². The van der Waals surface area contributed by atoms with E-state index in [1.807, 2.05) is 30.3 Å². The Hall–Kier alpha value is -2.66. The van der Waals surface area contributed by atoms with Gasteiger partial charge in [0.05, 0.1) is 12.8 Å². The fraction of sp³-hybridized carbons (Fsp3) is 0.167. The molecule has 0 aliphatic heterocycles. The second kappa shape index (κ2) is 6.62. The third-order valence-corrected chi connectivity index (χ3v) is 3.86. The molecule has 4 nitrogen and oxygen atoms in total. The normalized spacial score (nSPS) is 12.1. The topological polar surface area (TPSA) is 63.9 Å². The van der Waals surface area contributed by atoms with Crippen LogP contribution in [0.25, 0.3) is 11.3 Å². The molecule has 2 aromatic carbocycles. The van der Waals surface area contributed by atoms with E-state index in [0.29, 0.717) is 6.54 Å². The number of para-hydroxylation sites is 1. The summed E-state index contributed by atoms with van der Waals surface area (Å²) in [5, 5.41) is 7.36. The van der Waals surface area contributed by atoms with Crippen molar-refractivity contribution < 1.29 is 9.13 Å². The molecule has 3 rings (SSSR count). The molecule has 3 aromatic rings. The second-order valence-corrected chi connectivity index (χ2v) is 5.25. The lowest BCUT2D eigenvalue weighted by molar-refractivity contribution is 0.407. The zero-order valence-electron chi connectivity index (χ0n) is 12.8. The van der Waals surface area contributed by atoms with Crippen LogP contribution in [0.2, 0.25) is 0 Å². The molecule has 0 saturated carbocycles. The van der Waals surface area contributed by atoms with Crippen LogP contribution in [-0.2, 0) is 0 Å². The van der Waals surface area contributed by atoms with Crippen molar-refractivity contribution in [2.45, 2.75) is 5.92 Å². The van der Waals surface area contributed by atoms with Crippen molar-refractivity contribution in [3.63, 3.8) is 0 Å². The van der Waals surface area contributed by atoms with Gasteiger partial charge in [-0.3, -0.25) is 5.10 Å². The highest BCUT2D eigenvalue weighted by Crippen LogP contribution is 2.31. The molecular formula is C18H18FN3O. The third-order valence-electron chi connectivity index (χ3n) is 3.86. The number of hydrogen-bond acceptors (Lipinski definition) is 3. The Kier molecular flexibility index (Phi) is 4.39. The van der Waals surface area contributed by atoms with Gasteiger partial charge < -0.3 is 10.5 Å². The van der Waals surface area contributed by atoms with Crippen molar-refractivity contribution in [2.75, 3.05) is 13.7 Å². The summed E-state index contributed by atoms with van der Waals surface area (Å²) < 4.78 is 18.5. The Balaban J connectivity index is 1.95. The predicted molar refractivity (Wildman–Crippen MR) is 87.9 cm³/mol. The summed E-state index contributed by atoms with van der Waals surface area (Å²) in [7, 11) is 1.64. The van der Waals surface area contributed by atoms with Gasteiger partial charge in [-0.1, -0.05) is 18.2 Å². The van der Waals surface area contributed by atoms with Crippen molar-refractivity contribution in [1.82, 2.24) is 10.2 Å². The molecule has 1 atom stereocenters. The molecule has 0 bridgehead atoms. The lowest BCUT2D eigenvalue weighted by Gasteiger charge is -2.16.